The van der Waals surface area contributed by atoms with Crippen LogP contribution < -0.4 is 21.3 Å². The molecule has 17 nitrogen and oxygen atoms in total. The number of carbonyl (C=O) groups is 1. The first-order chi connectivity index (χ1) is 33.3. The first kappa shape index (κ1) is 53.0. The first-order valence-corrected chi connectivity index (χ1v) is 28.4. The topological polar surface area (TPSA) is 183 Å². The number of fused-ring (bicyclic) bond motifs is 1. The van der Waals surface area contributed by atoms with Gasteiger partial charge in [0.2, 0.25) is 18.4 Å². The van der Waals surface area contributed by atoms with Gasteiger partial charge in [-0.1, -0.05) is 126 Å². The minimum atomic E-state index is -3.47. The Balaban J connectivity index is 1.22. The van der Waals surface area contributed by atoms with Crippen LogP contribution in [0.4, 0.5) is 5.95 Å². The van der Waals surface area contributed by atoms with Gasteiger partial charge in [0.05, 0.1) is 37.5 Å². The predicted molar refractivity (Wildman–Crippen MR) is 281 cm³/mol. The quantitative estimate of drug-likeness (QED) is 0.0141. The third kappa shape index (κ3) is 12.4. The Morgan fingerprint density at radius 2 is 1.57 bits per heavy atom. The number of hydrogen-bond acceptors (Lipinski definition) is 12. The van der Waals surface area contributed by atoms with Crippen LogP contribution in [0.2, 0.25) is 0 Å². The molecule has 376 valence electrons. The number of imidazole rings is 1. The van der Waals surface area contributed by atoms with E-state index in [0.717, 1.165) is 16.7 Å². The summed E-state index contributed by atoms with van der Waals surface area (Å²) in [5.74, 6) is -0.641. The van der Waals surface area contributed by atoms with Crippen LogP contribution in [-0.2, 0) is 44.8 Å². The Morgan fingerprint density at radius 1 is 0.971 bits per heavy atom. The zero-order valence-electron chi connectivity index (χ0n) is 41.4. The number of aromatic amines is 1. The third-order valence-corrected chi connectivity index (χ3v) is 18.9. The Kier molecular flexibility index (Phi) is 17.2. The van der Waals surface area contributed by atoms with E-state index in [1.807, 2.05) is 73.6 Å². The molecule has 3 aromatic carbocycles. The Bertz CT molecular complexity index is 2620. The second-order valence-electron chi connectivity index (χ2n) is 19.3. The molecule has 0 spiro atoms. The van der Waals surface area contributed by atoms with Crippen LogP contribution in [0.1, 0.15) is 70.4 Å². The zero-order valence-corrected chi connectivity index (χ0v) is 43.9. The lowest BCUT2D eigenvalue weighted by molar-refractivity contribution is -0.118. The van der Waals surface area contributed by atoms with Crippen LogP contribution in [-0.4, -0.2) is 125 Å². The van der Waals surface area contributed by atoms with Gasteiger partial charge in [-0.3, -0.25) is 29.8 Å². The van der Waals surface area contributed by atoms with E-state index in [4.69, 9.17) is 46.1 Å². The molecule has 4 N–H and O–H groups in total. The highest BCUT2D eigenvalue weighted by molar-refractivity contribution is 8.29. The maximum absolute atomic E-state index is 13.2. The molecule has 7 rings (SSSR count). The van der Waals surface area contributed by atoms with Gasteiger partial charge in [-0.2, -0.15) is 4.98 Å². The van der Waals surface area contributed by atoms with E-state index in [2.05, 4.69) is 105 Å². The molecular weight excluding hydrogens is 948 g/mol. The fourth-order valence-corrected chi connectivity index (χ4v) is 11.4. The molecule has 2 aliphatic heterocycles. The van der Waals surface area contributed by atoms with E-state index >= 15 is 0 Å². The summed E-state index contributed by atoms with van der Waals surface area (Å²) >= 11 is 6.39. The number of aromatic nitrogens is 4. The number of H-pyrrole nitrogens is 1. The number of nitrogens with zero attached hydrogens (tertiary/aromatic N) is 6. The zero-order chi connectivity index (χ0) is 50.3. The molecule has 2 aliphatic rings. The number of benzene rings is 3. The van der Waals surface area contributed by atoms with E-state index in [9.17, 15) is 9.59 Å². The van der Waals surface area contributed by atoms with Gasteiger partial charge in [-0.25, -0.2) is 21.6 Å². The third-order valence-electron chi connectivity index (χ3n) is 12.7. The Hall–Kier alpha value is -4.84. The number of carbonyl (C=O) groups excluding carboxylic acids is 1. The highest BCUT2D eigenvalue weighted by Crippen LogP contribution is 2.55. The highest BCUT2D eigenvalue weighted by atomic mass is 32.5. The van der Waals surface area contributed by atoms with Crippen molar-refractivity contribution in [2.24, 2.45) is 10.9 Å². The summed E-state index contributed by atoms with van der Waals surface area (Å²) in [6.07, 6.45) is 6.00. The van der Waals surface area contributed by atoms with Crippen molar-refractivity contribution in [3.8, 4) is 0 Å². The lowest BCUT2D eigenvalue weighted by Crippen LogP contribution is -2.53. The molecule has 4 heterocycles. The Morgan fingerprint density at radius 3 is 2.13 bits per heavy atom. The fraction of sp³-hybridized carbons (Fsp3) is 0.480. The van der Waals surface area contributed by atoms with Crippen molar-refractivity contribution in [2.45, 2.75) is 94.5 Å². The van der Waals surface area contributed by atoms with Crippen LogP contribution in [0.5, 0.6) is 0 Å². The van der Waals surface area contributed by atoms with Gasteiger partial charge in [0.1, 0.15) is 18.9 Å². The summed E-state index contributed by atoms with van der Waals surface area (Å²) in [6.45, 7) is 14.4. The van der Waals surface area contributed by atoms with Crippen molar-refractivity contribution < 1.29 is 27.5 Å². The van der Waals surface area contributed by atoms with Gasteiger partial charge in [0, 0.05) is 49.7 Å². The number of aliphatic imine (C=N–C) groups is 1. The van der Waals surface area contributed by atoms with Crippen LogP contribution >= 0.6 is 17.0 Å². The van der Waals surface area contributed by atoms with E-state index in [1.165, 1.54) is 6.33 Å². The maximum Gasteiger partial charge on any atom is 0.280 e. The summed E-state index contributed by atoms with van der Waals surface area (Å²) < 4.78 is 35.1. The summed E-state index contributed by atoms with van der Waals surface area (Å²) in [5, 5.41) is 10.4. The number of rotatable bonds is 21. The second kappa shape index (κ2) is 22.7. The SMILES string of the molecule is [C-]#[N+]CCOP(=S)(NC1CC(n2cnc3c(=O)[nH]c(NC(=O)C(C)C)nc32)OC1COS(C)(C)C(C)(C)C)OCC1OC(N=CN(C)C)CC1NC(c1ccccc1)(c1ccccc1)c1ccccc1. The molecule has 0 saturated carbocycles. The second-order valence-corrected chi connectivity index (χ2v) is 26.5. The summed E-state index contributed by atoms with van der Waals surface area (Å²) in [5.41, 5.74) is 2.14. The average molecular weight is 1020 g/mol. The minimum absolute atomic E-state index is 0.00302. The van der Waals surface area contributed by atoms with Crippen molar-refractivity contribution in [2.75, 3.05) is 58.3 Å². The minimum Gasteiger partial charge on any atom is -0.369 e. The average Bonchev–Trinajstić information content (AvgIpc) is 4.06. The normalized spacial score (nSPS) is 22.1. The van der Waals surface area contributed by atoms with E-state index in [0.29, 0.717) is 12.8 Å². The summed E-state index contributed by atoms with van der Waals surface area (Å²) in [6, 6.07) is 30.3. The van der Waals surface area contributed by atoms with Crippen molar-refractivity contribution in [1.82, 2.24) is 34.8 Å². The van der Waals surface area contributed by atoms with Crippen molar-refractivity contribution in [3.05, 3.63) is 136 Å². The van der Waals surface area contributed by atoms with Gasteiger partial charge in [0.15, 0.2) is 17.4 Å². The van der Waals surface area contributed by atoms with Crippen LogP contribution in [0.25, 0.3) is 16.0 Å². The molecule has 2 fully saturated rings. The molecule has 70 heavy (non-hydrogen) atoms. The van der Waals surface area contributed by atoms with Crippen LogP contribution in [0.15, 0.2) is 107 Å². The van der Waals surface area contributed by atoms with Gasteiger partial charge in [-0.05, 0) is 41.0 Å². The highest BCUT2D eigenvalue weighted by Gasteiger charge is 2.46. The molecule has 20 heteroatoms. The van der Waals surface area contributed by atoms with Gasteiger partial charge < -0.3 is 32.4 Å². The molecule has 7 unspecified atom stereocenters. The van der Waals surface area contributed by atoms with Crippen LogP contribution in [0.3, 0.4) is 0 Å². The lowest BCUT2D eigenvalue weighted by atomic mass is 9.76. The molecule has 0 aliphatic carbocycles. The molecule has 2 aromatic heterocycles. The van der Waals surface area contributed by atoms with Crippen molar-refractivity contribution in [1.29, 1.82) is 0 Å². The molecule has 0 bridgehead atoms. The first-order valence-electron chi connectivity index (χ1n) is 23.4. The standard InChI is InChI=1S/C50H67N10O7PS2/c1-34(2)46(61)55-48-54-45-44(47(62)56-48)53-33-60(45)43-29-39(41(67-43)31-65-70(9,10)49(3,4)5)58-68(69,63-27-26-51-6)64-30-40-38(28-42(66-40)52-32-59(7)8)57-50(35-20-14-11-15-21-35,36-22-16-12-17-23-36)37-24-18-13-19-25-37/h11-25,32-34,38-43,57H,26-31H2,1-5,7-10H3,(H,58,69)(H2,54,55,56,61,62). The lowest BCUT2D eigenvalue weighted by Gasteiger charge is -2.44. The van der Waals surface area contributed by atoms with E-state index in [-0.39, 0.29) is 66.1 Å². The van der Waals surface area contributed by atoms with Crippen LogP contribution in [0, 0.1) is 12.5 Å². The van der Waals surface area contributed by atoms with E-state index in [1.54, 1.807) is 24.8 Å². The molecule has 2 saturated heterocycles. The maximum atomic E-state index is 13.2. The largest absolute Gasteiger partial charge is 0.369 e. The number of amides is 1. The number of hydrogen-bond donors (Lipinski definition) is 4. The summed E-state index contributed by atoms with van der Waals surface area (Å²) in [4.78, 5) is 47.7. The predicted octanol–water partition coefficient (Wildman–Crippen LogP) is 7.59. The monoisotopic (exact) mass is 1010 g/mol. The molecule has 0 radical (unpaired) electrons. The molecule has 7 atom stereocenters. The fourth-order valence-electron chi connectivity index (χ4n) is 8.18. The van der Waals surface area contributed by atoms with Gasteiger partial charge >= 0.3 is 0 Å². The Labute approximate surface area is 418 Å². The number of ether oxygens (including phenoxy) is 2. The number of anilines is 1. The smallest absolute Gasteiger partial charge is 0.280 e. The van der Waals surface area contributed by atoms with E-state index < -0.39 is 58.8 Å². The molecular formula is C50H67N10O7PS2. The van der Waals surface area contributed by atoms with Crippen molar-refractivity contribution >= 4 is 58.1 Å². The number of nitrogens with one attached hydrogen (secondary N) is 4. The summed E-state index contributed by atoms with van der Waals surface area (Å²) in [7, 11) is 2.23. The van der Waals surface area contributed by atoms with Gasteiger partial charge in [-0.15, -0.1) is 10.3 Å². The molecule has 1 amide bonds. The molecule has 5 aromatic rings. The van der Waals surface area contributed by atoms with Gasteiger partial charge in [0.25, 0.3) is 12.2 Å². The van der Waals surface area contributed by atoms with Crippen molar-refractivity contribution in [3.63, 3.8) is 0 Å².